The summed E-state index contributed by atoms with van der Waals surface area (Å²) in [5.41, 5.74) is 2.27. The van der Waals surface area contributed by atoms with Crippen LogP contribution < -0.4 is 10.1 Å². The second kappa shape index (κ2) is 8.87. The zero-order chi connectivity index (χ0) is 18.2. The van der Waals surface area contributed by atoms with Crippen molar-refractivity contribution >= 4 is 17.6 Å². The Morgan fingerprint density at radius 2 is 1.68 bits per heavy atom. The molecule has 0 aliphatic carbocycles. The minimum Gasteiger partial charge on any atom is -0.484 e. The van der Waals surface area contributed by atoms with Gasteiger partial charge in [-0.15, -0.1) is 0 Å². The van der Waals surface area contributed by atoms with E-state index in [9.17, 15) is 9.59 Å². The molecule has 0 saturated heterocycles. The van der Waals surface area contributed by atoms with Gasteiger partial charge < -0.3 is 14.8 Å². The van der Waals surface area contributed by atoms with E-state index in [4.69, 9.17) is 4.74 Å². The van der Waals surface area contributed by atoms with Crippen molar-refractivity contribution in [2.75, 3.05) is 19.0 Å². The van der Waals surface area contributed by atoms with Gasteiger partial charge in [0, 0.05) is 5.69 Å². The second-order valence-corrected chi connectivity index (χ2v) is 5.78. The quantitative estimate of drug-likeness (QED) is 0.773. The van der Waals surface area contributed by atoms with Gasteiger partial charge in [-0.05, 0) is 54.3 Å². The molecule has 0 bridgehead atoms. The summed E-state index contributed by atoms with van der Waals surface area (Å²) in [6.45, 7) is 4.24. The van der Waals surface area contributed by atoms with E-state index in [-0.39, 0.29) is 12.5 Å². The van der Waals surface area contributed by atoms with E-state index in [1.807, 2.05) is 24.3 Å². The average Bonchev–Trinajstić information content (AvgIpc) is 2.66. The zero-order valence-corrected chi connectivity index (χ0v) is 14.7. The van der Waals surface area contributed by atoms with E-state index in [0.717, 1.165) is 6.42 Å². The van der Waals surface area contributed by atoms with Crippen LogP contribution in [0.15, 0.2) is 48.5 Å². The highest BCUT2D eigenvalue weighted by Gasteiger charge is 2.08. The number of anilines is 1. The lowest BCUT2D eigenvalue weighted by Crippen LogP contribution is -2.20. The van der Waals surface area contributed by atoms with Gasteiger partial charge in [0.15, 0.2) is 6.61 Å². The van der Waals surface area contributed by atoms with Crippen LogP contribution in [0.1, 0.15) is 42.1 Å². The lowest BCUT2D eigenvalue weighted by molar-refractivity contribution is -0.118. The summed E-state index contributed by atoms with van der Waals surface area (Å²) in [6, 6.07) is 14.3. The van der Waals surface area contributed by atoms with Gasteiger partial charge in [-0.2, -0.15) is 0 Å². The molecular weight excluding hydrogens is 318 g/mol. The molecule has 0 aliphatic rings. The highest BCUT2D eigenvalue weighted by Crippen LogP contribution is 2.21. The topological polar surface area (TPSA) is 64.6 Å². The van der Waals surface area contributed by atoms with E-state index < -0.39 is 5.97 Å². The Morgan fingerprint density at radius 1 is 1.04 bits per heavy atom. The highest BCUT2D eigenvalue weighted by atomic mass is 16.5. The van der Waals surface area contributed by atoms with E-state index in [2.05, 4.69) is 23.9 Å². The SMILES string of the molecule is CC[C@@H](C)c1ccc(OCC(=O)Nc2ccc(C(=O)OC)cc2)cc1. The molecule has 2 aromatic rings. The number of ether oxygens (including phenoxy) is 2. The molecule has 2 aromatic carbocycles. The summed E-state index contributed by atoms with van der Waals surface area (Å²) in [7, 11) is 1.32. The number of methoxy groups -OCH3 is 1. The van der Waals surface area contributed by atoms with Crippen LogP contribution in [0.4, 0.5) is 5.69 Å². The van der Waals surface area contributed by atoms with Gasteiger partial charge in [0.05, 0.1) is 12.7 Å². The molecule has 0 fully saturated rings. The number of amides is 1. The van der Waals surface area contributed by atoms with Crippen molar-refractivity contribution in [3.63, 3.8) is 0 Å². The Balaban J connectivity index is 1.85. The third-order valence-corrected chi connectivity index (χ3v) is 4.02. The largest absolute Gasteiger partial charge is 0.484 e. The molecule has 5 nitrogen and oxygen atoms in total. The van der Waals surface area contributed by atoms with Crippen molar-refractivity contribution in [2.45, 2.75) is 26.2 Å². The predicted molar refractivity (Wildman–Crippen MR) is 97.1 cm³/mol. The number of rotatable bonds is 7. The van der Waals surface area contributed by atoms with Crippen LogP contribution in [0, 0.1) is 0 Å². The predicted octanol–water partition coefficient (Wildman–Crippen LogP) is 4.00. The lowest BCUT2D eigenvalue weighted by atomic mass is 9.99. The fourth-order valence-corrected chi connectivity index (χ4v) is 2.28. The molecule has 25 heavy (non-hydrogen) atoms. The van der Waals surface area contributed by atoms with E-state index in [0.29, 0.717) is 22.9 Å². The van der Waals surface area contributed by atoms with Crippen LogP contribution >= 0.6 is 0 Å². The van der Waals surface area contributed by atoms with Gasteiger partial charge in [-0.25, -0.2) is 4.79 Å². The smallest absolute Gasteiger partial charge is 0.337 e. The third-order valence-electron chi connectivity index (χ3n) is 4.02. The fourth-order valence-electron chi connectivity index (χ4n) is 2.28. The first-order chi connectivity index (χ1) is 12.0. The van der Waals surface area contributed by atoms with Crippen LogP contribution in [0.3, 0.4) is 0 Å². The minimum atomic E-state index is -0.415. The Kier molecular flexibility index (Phi) is 6.57. The lowest BCUT2D eigenvalue weighted by Gasteiger charge is -2.11. The van der Waals surface area contributed by atoms with E-state index in [1.165, 1.54) is 12.7 Å². The highest BCUT2D eigenvalue weighted by molar-refractivity contribution is 5.93. The number of esters is 1. The molecule has 0 saturated carbocycles. The molecule has 132 valence electrons. The monoisotopic (exact) mass is 341 g/mol. The number of hydrogen-bond acceptors (Lipinski definition) is 4. The number of benzene rings is 2. The van der Waals surface area contributed by atoms with Gasteiger partial charge in [0.25, 0.3) is 5.91 Å². The normalized spacial score (nSPS) is 11.5. The molecule has 0 unspecified atom stereocenters. The number of hydrogen-bond donors (Lipinski definition) is 1. The molecule has 1 amide bonds. The Morgan fingerprint density at radius 3 is 2.24 bits per heavy atom. The van der Waals surface area contributed by atoms with Gasteiger partial charge >= 0.3 is 5.97 Å². The molecule has 2 rings (SSSR count). The number of nitrogens with one attached hydrogen (secondary N) is 1. The summed E-state index contributed by atoms with van der Waals surface area (Å²) < 4.78 is 10.1. The minimum absolute atomic E-state index is 0.0819. The van der Waals surface area contributed by atoms with Gasteiger partial charge in [0.1, 0.15) is 5.75 Å². The van der Waals surface area contributed by atoms with Gasteiger partial charge in [-0.1, -0.05) is 26.0 Å². The molecule has 0 aliphatic heterocycles. The fraction of sp³-hybridized carbons (Fsp3) is 0.300. The van der Waals surface area contributed by atoms with E-state index >= 15 is 0 Å². The molecule has 0 radical (unpaired) electrons. The summed E-state index contributed by atoms with van der Waals surface area (Å²) in [5, 5.41) is 2.72. The van der Waals surface area contributed by atoms with Gasteiger partial charge in [0.2, 0.25) is 0 Å². The van der Waals surface area contributed by atoms with Crippen molar-refractivity contribution in [2.24, 2.45) is 0 Å². The summed E-state index contributed by atoms with van der Waals surface area (Å²) >= 11 is 0. The third kappa shape index (κ3) is 5.35. The Labute approximate surface area is 148 Å². The zero-order valence-electron chi connectivity index (χ0n) is 14.7. The van der Waals surface area contributed by atoms with Crippen LogP contribution in [-0.4, -0.2) is 25.6 Å². The first-order valence-electron chi connectivity index (χ1n) is 8.24. The number of carbonyl (C=O) groups excluding carboxylic acids is 2. The van der Waals surface area contributed by atoms with Crippen LogP contribution in [0.25, 0.3) is 0 Å². The molecular formula is C20H23NO4. The van der Waals surface area contributed by atoms with E-state index in [1.54, 1.807) is 24.3 Å². The second-order valence-electron chi connectivity index (χ2n) is 5.78. The maximum Gasteiger partial charge on any atom is 0.337 e. The maximum absolute atomic E-state index is 12.0. The summed E-state index contributed by atoms with van der Waals surface area (Å²) in [6.07, 6.45) is 1.08. The molecule has 0 aromatic heterocycles. The maximum atomic E-state index is 12.0. The standard InChI is InChI=1S/C20H23NO4/c1-4-14(2)15-7-11-18(12-8-15)25-13-19(22)21-17-9-5-16(6-10-17)20(23)24-3/h5-12,14H,4,13H2,1-3H3,(H,21,22)/t14-/m1/s1. The first kappa shape index (κ1) is 18.5. The van der Waals surface area contributed by atoms with Crippen LogP contribution in [0.5, 0.6) is 5.75 Å². The van der Waals surface area contributed by atoms with Gasteiger partial charge in [-0.3, -0.25) is 4.79 Å². The Bertz CT molecular complexity index is 707. The first-order valence-corrected chi connectivity index (χ1v) is 8.24. The summed E-state index contributed by atoms with van der Waals surface area (Å²) in [4.78, 5) is 23.3. The average molecular weight is 341 g/mol. The van der Waals surface area contributed by atoms with Crippen molar-refractivity contribution in [3.05, 3.63) is 59.7 Å². The van der Waals surface area contributed by atoms with Crippen molar-refractivity contribution < 1.29 is 19.1 Å². The van der Waals surface area contributed by atoms with Crippen molar-refractivity contribution in [1.82, 2.24) is 0 Å². The molecule has 1 atom stereocenters. The van der Waals surface area contributed by atoms with Crippen molar-refractivity contribution in [1.29, 1.82) is 0 Å². The summed E-state index contributed by atoms with van der Waals surface area (Å²) in [5.74, 6) is 0.479. The van der Waals surface area contributed by atoms with Crippen molar-refractivity contribution in [3.8, 4) is 5.75 Å². The molecule has 1 N–H and O–H groups in total. The Hall–Kier alpha value is -2.82. The van der Waals surface area contributed by atoms with Crippen LogP contribution in [-0.2, 0) is 9.53 Å². The molecule has 0 spiro atoms. The molecule has 0 heterocycles. The van der Waals surface area contributed by atoms with Crippen LogP contribution in [0.2, 0.25) is 0 Å². The number of carbonyl (C=O) groups is 2. The molecule has 5 heteroatoms.